The lowest BCUT2D eigenvalue weighted by Gasteiger charge is -2.43. The Morgan fingerprint density at radius 3 is 2.44 bits per heavy atom. The summed E-state index contributed by atoms with van der Waals surface area (Å²) in [6.45, 7) is 5.81. The Labute approximate surface area is 95.7 Å². The summed E-state index contributed by atoms with van der Waals surface area (Å²) in [5, 5.41) is 10.4. The lowest BCUT2D eigenvalue weighted by molar-refractivity contribution is -0.130. The molecular formula is C11H19N3O2. The standard InChI is InChI=1S/C11H19N3O2/c1-5-7(3)11(6-2)8(12)14(4)10(16)13-9(11)15/h7,12H,5-6H2,1-4H3,(H,13,15,16)/t7-,11-/m0/s1. The molecule has 2 atom stereocenters. The van der Waals surface area contributed by atoms with E-state index >= 15 is 0 Å². The molecule has 1 aliphatic rings. The number of hydrogen-bond donors (Lipinski definition) is 2. The van der Waals surface area contributed by atoms with Crippen LogP contribution in [0.1, 0.15) is 33.6 Å². The first-order chi connectivity index (χ1) is 7.41. The Hall–Kier alpha value is -1.39. The van der Waals surface area contributed by atoms with Crippen LogP contribution in [0.15, 0.2) is 0 Å². The molecule has 1 aliphatic heterocycles. The molecule has 0 radical (unpaired) electrons. The van der Waals surface area contributed by atoms with Crippen LogP contribution in [0.2, 0.25) is 0 Å². The number of nitrogens with one attached hydrogen (secondary N) is 2. The van der Waals surface area contributed by atoms with E-state index in [2.05, 4.69) is 5.32 Å². The Balaban J connectivity index is 3.21. The molecule has 90 valence electrons. The minimum atomic E-state index is -0.864. The average Bonchev–Trinajstić information content (AvgIpc) is 2.27. The molecule has 1 heterocycles. The van der Waals surface area contributed by atoms with E-state index in [0.717, 1.165) is 6.42 Å². The van der Waals surface area contributed by atoms with Crippen molar-refractivity contribution >= 4 is 17.8 Å². The van der Waals surface area contributed by atoms with Crippen LogP contribution in [-0.4, -0.2) is 29.7 Å². The first-order valence-electron chi connectivity index (χ1n) is 5.59. The summed E-state index contributed by atoms with van der Waals surface area (Å²) in [7, 11) is 1.52. The van der Waals surface area contributed by atoms with Crippen LogP contribution in [-0.2, 0) is 4.79 Å². The van der Waals surface area contributed by atoms with E-state index in [-0.39, 0.29) is 17.7 Å². The number of rotatable bonds is 3. The van der Waals surface area contributed by atoms with E-state index in [0.29, 0.717) is 6.42 Å². The van der Waals surface area contributed by atoms with Gasteiger partial charge in [-0.2, -0.15) is 0 Å². The minimum absolute atomic E-state index is 0.0422. The van der Waals surface area contributed by atoms with Crippen LogP contribution in [0, 0.1) is 16.7 Å². The molecule has 0 aromatic rings. The molecule has 1 fully saturated rings. The van der Waals surface area contributed by atoms with E-state index in [1.165, 1.54) is 11.9 Å². The topological polar surface area (TPSA) is 73.3 Å². The fourth-order valence-corrected chi connectivity index (χ4v) is 2.28. The van der Waals surface area contributed by atoms with Gasteiger partial charge in [-0.1, -0.05) is 27.2 Å². The first-order valence-corrected chi connectivity index (χ1v) is 5.59. The van der Waals surface area contributed by atoms with Gasteiger partial charge in [-0.15, -0.1) is 0 Å². The second-order valence-corrected chi connectivity index (χ2v) is 4.30. The molecule has 1 saturated heterocycles. The normalized spacial score (nSPS) is 28.0. The number of carbonyl (C=O) groups is 2. The maximum absolute atomic E-state index is 12.0. The molecule has 0 saturated carbocycles. The van der Waals surface area contributed by atoms with Crippen LogP contribution < -0.4 is 5.32 Å². The molecule has 3 amide bonds. The van der Waals surface area contributed by atoms with Gasteiger partial charge in [0.2, 0.25) is 5.91 Å². The quantitative estimate of drug-likeness (QED) is 0.765. The molecule has 16 heavy (non-hydrogen) atoms. The van der Waals surface area contributed by atoms with E-state index in [1.807, 2.05) is 20.8 Å². The summed E-state index contributed by atoms with van der Waals surface area (Å²) < 4.78 is 0. The smallest absolute Gasteiger partial charge is 0.287 e. The maximum Gasteiger partial charge on any atom is 0.329 e. The van der Waals surface area contributed by atoms with Gasteiger partial charge in [0.15, 0.2) is 0 Å². The van der Waals surface area contributed by atoms with Gasteiger partial charge in [-0.25, -0.2) is 4.79 Å². The molecule has 0 aromatic heterocycles. The molecule has 1 rings (SSSR count). The van der Waals surface area contributed by atoms with E-state index in [4.69, 9.17) is 5.41 Å². The second-order valence-electron chi connectivity index (χ2n) is 4.30. The Kier molecular flexibility index (Phi) is 3.35. The molecule has 0 aliphatic carbocycles. The van der Waals surface area contributed by atoms with Crippen molar-refractivity contribution < 1.29 is 9.59 Å². The highest BCUT2D eigenvalue weighted by Gasteiger charge is 2.51. The predicted octanol–water partition coefficient (Wildman–Crippen LogP) is 1.59. The Bertz CT molecular complexity index is 340. The molecular weight excluding hydrogens is 206 g/mol. The number of imide groups is 1. The molecule has 0 aromatic carbocycles. The second kappa shape index (κ2) is 4.23. The third-order valence-electron chi connectivity index (χ3n) is 3.70. The van der Waals surface area contributed by atoms with Gasteiger partial charge < -0.3 is 0 Å². The number of hydrogen-bond acceptors (Lipinski definition) is 3. The highest BCUT2D eigenvalue weighted by molar-refractivity contribution is 6.20. The predicted molar refractivity (Wildman–Crippen MR) is 61.2 cm³/mol. The van der Waals surface area contributed by atoms with Gasteiger partial charge in [0.05, 0.1) is 0 Å². The zero-order valence-electron chi connectivity index (χ0n) is 10.3. The zero-order valence-corrected chi connectivity index (χ0v) is 10.3. The van der Waals surface area contributed by atoms with Crippen molar-refractivity contribution in [2.75, 3.05) is 7.05 Å². The Morgan fingerprint density at radius 2 is 2.00 bits per heavy atom. The zero-order chi connectivity index (χ0) is 12.5. The first kappa shape index (κ1) is 12.7. The fraction of sp³-hybridized carbons (Fsp3) is 0.727. The number of urea groups is 1. The number of amides is 3. The number of carbonyl (C=O) groups excluding carboxylic acids is 2. The molecule has 0 bridgehead atoms. The largest absolute Gasteiger partial charge is 0.329 e. The van der Waals surface area contributed by atoms with Gasteiger partial charge in [0, 0.05) is 7.05 Å². The van der Waals surface area contributed by atoms with Crippen molar-refractivity contribution in [2.24, 2.45) is 11.3 Å². The van der Waals surface area contributed by atoms with Crippen molar-refractivity contribution in [1.82, 2.24) is 10.2 Å². The fourth-order valence-electron chi connectivity index (χ4n) is 2.28. The Morgan fingerprint density at radius 1 is 1.44 bits per heavy atom. The molecule has 0 spiro atoms. The van der Waals surface area contributed by atoms with Gasteiger partial charge >= 0.3 is 6.03 Å². The molecule has 5 nitrogen and oxygen atoms in total. The monoisotopic (exact) mass is 225 g/mol. The summed E-state index contributed by atoms with van der Waals surface area (Å²) in [5.41, 5.74) is -0.864. The van der Waals surface area contributed by atoms with Gasteiger partial charge in [0.1, 0.15) is 11.3 Å². The summed E-state index contributed by atoms with van der Waals surface area (Å²) in [6, 6.07) is -0.512. The third kappa shape index (κ3) is 1.50. The van der Waals surface area contributed by atoms with Crippen LogP contribution >= 0.6 is 0 Å². The minimum Gasteiger partial charge on any atom is -0.287 e. The van der Waals surface area contributed by atoms with Crippen LogP contribution in [0.5, 0.6) is 0 Å². The third-order valence-corrected chi connectivity index (χ3v) is 3.70. The van der Waals surface area contributed by atoms with Crippen molar-refractivity contribution in [3.05, 3.63) is 0 Å². The van der Waals surface area contributed by atoms with E-state index in [9.17, 15) is 9.59 Å². The van der Waals surface area contributed by atoms with E-state index in [1.54, 1.807) is 0 Å². The summed E-state index contributed by atoms with van der Waals surface area (Å²) in [6.07, 6.45) is 1.33. The lowest BCUT2D eigenvalue weighted by atomic mass is 9.70. The highest BCUT2D eigenvalue weighted by Crippen LogP contribution is 2.38. The van der Waals surface area contributed by atoms with Crippen LogP contribution in [0.3, 0.4) is 0 Å². The SMILES string of the molecule is CC[C@H](C)[C@@]1(CC)C(=N)N(C)C(=O)NC1=O. The van der Waals surface area contributed by atoms with Crippen molar-refractivity contribution in [3.63, 3.8) is 0 Å². The summed E-state index contributed by atoms with van der Waals surface area (Å²) >= 11 is 0. The van der Waals surface area contributed by atoms with Crippen LogP contribution in [0.4, 0.5) is 4.79 Å². The van der Waals surface area contributed by atoms with Crippen molar-refractivity contribution in [3.8, 4) is 0 Å². The van der Waals surface area contributed by atoms with Crippen molar-refractivity contribution in [2.45, 2.75) is 33.6 Å². The highest BCUT2D eigenvalue weighted by atomic mass is 16.2. The summed E-state index contributed by atoms with van der Waals surface area (Å²) in [4.78, 5) is 24.6. The van der Waals surface area contributed by atoms with Crippen molar-refractivity contribution in [1.29, 1.82) is 5.41 Å². The lowest BCUT2D eigenvalue weighted by Crippen LogP contribution is -2.64. The summed E-state index contributed by atoms with van der Waals surface area (Å²) in [5.74, 6) is -0.184. The van der Waals surface area contributed by atoms with Crippen LogP contribution in [0.25, 0.3) is 0 Å². The average molecular weight is 225 g/mol. The molecule has 5 heteroatoms. The van der Waals surface area contributed by atoms with E-state index < -0.39 is 11.4 Å². The van der Waals surface area contributed by atoms with Gasteiger partial charge in [-0.05, 0) is 12.3 Å². The molecule has 0 unspecified atom stereocenters. The number of nitrogens with zero attached hydrogens (tertiary/aromatic N) is 1. The number of amidine groups is 1. The molecule has 2 N–H and O–H groups in total. The maximum atomic E-state index is 12.0. The van der Waals surface area contributed by atoms with Gasteiger partial charge in [-0.3, -0.25) is 20.4 Å². The van der Waals surface area contributed by atoms with Gasteiger partial charge in [0.25, 0.3) is 0 Å².